The SMILES string of the molecule is O=C(O)C(CCCCCS)CCCC(F)(F)C(F)(F)F. The van der Waals surface area contributed by atoms with E-state index in [2.05, 4.69) is 12.6 Å². The fraction of sp³-hybridized carbons (Fsp3) is 0.917. The van der Waals surface area contributed by atoms with Gasteiger partial charge in [0.25, 0.3) is 0 Å². The average Bonchev–Trinajstić information content (AvgIpc) is 2.30. The summed E-state index contributed by atoms with van der Waals surface area (Å²) in [5.74, 6) is -6.08. The van der Waals surface area contributed by atoms with Gasteiger partial charge >= 0.3 is 18.1 Å². The highest BCUT2D eigenvalue weighted by Gasteiger charge is 2.56. The molecule has 0 aliphatic heterocycles. The van der Waals surface area contributed by atoms with Crippen molar-refractivity contribution in [2.75, 3.05) is 5.75 Å². The Morgan fingerprint density at radius 1 is 1.00 bits per heavy atom. The van der Waals surface area contributed by atoms with Crippen molar-refractivity contribution in [1.29, 1.82) is 0 Å². The molecule has 0 aromatic heterocycles. The third kappa shape index (κ3) is 7.31. The van der Waals surface area contributed by atoms with E-state index in [4.69, 9.17) is 5.11 Å². The molecule has 0 saturated heterocycles. The van der Waals surface area contributed by atoms with E-state index in [-0.39, 0.29) is 6.42 Å². The van der Waals surface area contributed by atoms with Crippen LogP contribution in [0.3, 0.4) is 0 Å². The van der Waals surface area contributed by atoms with Crippen LogP contribution in [-0.2, 0) is 4.79 Å². The van der Waals surface area contributed by atoms with Crippen molar-refractivity contribution in [1.82, 2.24) is 0 Å². The van der Waals surface area contributed by atoms with Crippen LogP contribution < -0.4 is 0 Å². The molecule has 0 aliphatic carbocycles. The van der Waals surface area contributed by atoms with Gasteiger partial charge in [0.15, 0.2) is 0 Å². The molecule has 1 atom stereocenters. The smallest absolute Gasteiger partial charge is 0.453 e. The van der Waals surface area contributed by atoms with Crippen molar-refractivity contribution in [2.24, 2.45) is 5.92 Å². The summed E-state index contributed by atoms with van der Waals surface area (Å²) < 4.78 is 61.1. The highest BCUT2D eigenvalue weighted by Crippen LogP contribution is 2.39. The number of rotatable bonds is 10. The van der Waals surface area contributed by atoms with Gasteiger partial charge in [-0.2, -0.15) is 34.6 Å². The number of hydrogen-bond acceptors (Lipinski definition) is 2. The number of aliphatic carboxylic acids is 1. The molecular weight excluding hydrogens is 303 g/mol. The lowest BCUT2D eigenvalue weighted by atomic mass is 9.94. The van der Waals surface area contributed by atoms with E-state index < -0.39 is 36.8 Å². The van der Waals surface area contributed by atoms with Crippen molar-refractivity contribution >= 4 is 18.6 Å². The number of unbranched alkanes of at least 4 members (excludes halogenated alkanes) is 2. The molecule has 0 aromatic carbocycles. The van der Waals surface area contributed by atoms with Crippen LogP contribution in [0.1, 0.15) is 44.9 Å². The summed E-state index contributed by atoms with van der Waals surface area (Å²) in [6, 6.07) is 0. The lowest BCUT2D eigenvalue weighted by Gasteiger charge is -2.20. The molecule has 0 rings (SSSR count). The van der Waals surface area contributed by atoms with Crippen LogP contribution >= 0.6 is 12.6 Å². The van der Waals surface area contributed by atoms with Gasteiger partial charge in [0.2, 0.25) is 0 Å². The van der Waals surface area contributed by atoms with Crippen LogP contribution in [0, 0.1) is 5.92 Å². The number of halogens is 5. The Morgan fingerprint density at radius 2 is 1.55 bits per heavy atom. The van der Waals surface area contributed by atoms with Crippen LogP contribution in [0.5, 0.6) is 0 Å². The van der Waals surface area contributed by atoms with Crippen LogP contribution in [0.25, 0.3) is 0 Å². The molecule has 0 radical (unpaired) electrons. The molecule has 0 heterocycles. The van der Waals surface area contributed by atoms with E-state index in [1.165, 1.54) is 0 Å². The first-order chi connectivity index (χ1) is 9.12. The van der Waals surface area contributed by atoms with E-state index in [1.54, 1.807) is 0 Å². The molecule has 0 amide bonds. The first-order valence-corrected chi connectivity index (χ1v) is 7.03. The highest BCUT2D eigenvalue weighted by molar-refractivity contribution is 7.80. The van der Waals surface area contributed by atoms with E-state index in [0.29, 0.717) is 18.6 Å². The van der Waals surface area contributed by atoms with Crippen molar-refractivity contribution in [3.8, 4) is 0 Å². The summed E-state index contributed by atoms with van der Waals surface area (Å²) in [5.41, 5.74) is 0. The van der Waals surface area contributed by atoms with E-state index in [9.17, 15) is 26.7 Å². The number of alkyl halides is 5. The molecule has 0 spiro atoms. The second-order valence-corrected chi connectivity index (χ2v) is 5.15. The maximum Gasteiger partial charge on any atom is 0.453 e. The van der Waals surface area contributed by atoms with Crippen LogP contribution in [0.15, 0.2) is 0 Å². The van der Waals surface area contributed by atoms with Crippen molar-refractivity contribution < 1.29 is 31.9 Å². The van der Waals surface area contributed by atoms with Gasteiger partial charge in [-0.25, -0.2) is 0 Å². The number of carbonyl (C=O) groups is 1. The molecule has 2 nitrogen and oxygen atoms in total. The lowest BCUT2D eigenvalue weighted by Crippen LogP contribution is -2.36. The van der Waals surface area contributed by atoms with Gasteiger partial charge in [0.1, 0.15) is 0 Å². The zero-order valence-electron chi connectivity index (χ0n) is 10.9. The maximum atomic E-state index is 12.7. The molecule has 0 aliphatic rings. The second-order valence-electron chi connectivity index (χ2n) is 4.70. The monoisotopic (exact) mass is 322 g/mol. The van der Waals surface area contributed by atoms with Crippen molar-refractivity contribution in [2.45, 2.75) is 57.0 Å². The number of thiol groups is 1. The molecule has 1 N–H and O–H groups in total. The Bertz CT molecular complexity index is 294. The topological polar surface area (TPSA) is 37.3 Å². The predicted molar refractivity (Wildman–Crippen MR) is 68.3 cm³/mol. The summed E-state index contributed by atoms with van der Waals surface area (Å²) in [5, 5.41) is 8.89. The van der Waals surface area contributed by atoms with E-state index >= 15 is 0 Å². The Kier molecular flexibility index (Phi) is 8.46. The molecule has 8 heteroatoms. The minimum absolute atomic E-state index is 0.165. The fourth-order valence-electron chi connectivity index (χ4n) is 1.78. The summed E-state index contributed by atoms with van der Waals surface area (Å²) in [7, 11) is 0. The third-order valence-electron chi connectivity index (χ3n) is 3.02. The number of hydrogen-bond donors (Lipinski definition) is 2. The summed E-state index contributed by atoms with van der Waals surface area (Å²) in [4.78, 5) is 10.9. The molecule has 120 valence electrons. The Labute approximate surface area is 120 Å². The standard InChI is InChI=1S/C12H19F5O2S/c13-11(14,12(15,16)17)7-4-6-9(10(18)19)5-2-1-3-8-20/h9,20H,1-8H2,(H,18,19). The van der Waals surface area contributed by atoms with Gasteiger partial charge < -0.3 is 5.11 Å². The largest absolute Gasteiger partial charge is 0.481 e. The first-order valence-electron chi connectivity index (χ1n) is 6.40. The first kappa shape index (κ1) is 19.5. The number of carboxylic acid groups (broad SMARTS) is 1. The van der Waals surface area contributed by atoms with Crippen molar-refractivity contribution in [3.05, 3.63) is 0 Å². The molecule has 0 bridgehead atoms. The van der Waals surface area contributed by atoms with Crippen LogP contribution in [0.2, 0.25) is 0 Å². The fourth-order valence-corrected chi connectivity index (χ4v) is 2.01. The molecular formula is C12H19F5O2S. The van der Waals surface area contributed by atoms with E-state index in [0.717, 1.165) is 12.8 Å². The predicted octanol–water partition coefficient (Wildman–Crippen LogP) is 4.55. The lowest BCUT2D eigenvalue weighted by molar-refractivity contribution is -0.284. The van der Waals surface area contributed by atoms with Gasteiger partial charge in [-0.3, -0.25) is 4.79 Å². The molecule has 0 aromatic rings. The summed E-state index contributed by atoms with van der Waals surface area (Å²) in [6.45, 7) is 0. The van der Waals surface area contributed by atoms with Gasteiger partial charge in [-0.05, 0) is 31.4 Å². The minimum Gasteiger partial charge on any atom is -0.481 e. The maximum absolute atomic E-state index is 12.7. The van der Waals surface area contributed by atoms with Gasteiger partial charge in [-0.15, -0.1) is 0 Å². The van der Waals surface area contributed by atoms with Gasteiger partial charge in [0, 0.05) is 6.42 Å². The Morgan fingerprint density at radius 3 is 2.00 bits per heavy atom. The highest BCUT2D eigenvalue weighted by atomic mass is 32.1. The molecule has 20 heavy (non-hydrogen) atoms. The van der Waals surface area contributed by atoms with Crippen molar-refractivity contribution in [3.63, 3.8) is 0 Å². The molecule has 0 saturated carbocycles. The Balaban J connectivity index is 4.13. The van der Waals surface area contributed by atoms with Crippen LogP contribution in [-0.4, -0.2) is 28.9 Å². The van der Waals surface area contributed by atoms with Crippen LogP contribution in [0.4, 0.5) is 22.0 Å². The normalized spacial score (nSPS) is 14.3. The van der Waals surface area contributed by atoms with E-state index in [1.807, 2.05) is 0 Å². The Hall–Kier alpha value is -0.530. The minimum atomic E-state index is -5.57. The zero-order valence-corrected chi connectivity index (χ0v) is 11.8. The van der Waals surface area contributed by atoms with Gasteiger partial charge in [-0.1, -0.05) is 12.8 Å². The average molecular weight is 322 g/mol. The second kappa shape index (κ2) is 8.69. The summed E-state index contributed by atoms with van der Waals surface area (Å²) >= 11 is 3.99. The summed E-state index contributed by atoms with van der Waals surface area (Å²) in [6.07, 6.45) is -5.07. The third-order valence-corrected chi connectivity index (χ3v) is 3.33. The molecule has 0 fully saturated rings. The molecule has 1 unspecified atom stereocenters. The van der Waals surface area contributed by atoms with Gasteiger partial charge in [0.05, 0.1) is 5.92 Å². The number of carboxylic acids is 1. The zero-order chi connectivity index (χ0) is 15.8. The quantitative estimate of drug-likeness (QED) is 0.352.